The molecule has 0 radical (unpaired) electrons. The summed E-state index contributed by atoms with van der Waals surface area (Å²) in [6, 6.07) is 115. The van der Waals surface area contributed by atoms with Gasteiger partial charge >= 0.3 is 0 Å². The van der Waals surface area contributed by atoms with Crippen molar-refractivity contribution in [1.82, 2.24) is 0 Å². The van der Waals surface area contributed by atoms with E-state index in [1.165, 1.54) is 289 Å². The number of hydrogen-bond donors (Lipinski definition) is 0. The van der Waals surface area contributed by atoms with Crippen molar-refractivity contribution in [3.05, 3.63) is 371 Å². The van der Waals surface area contributed by atoms with E-state index in [9.17, 15) is 0 Å². The van der Waals surface area contributed by atoms with Gasteiger partial charge in [0, 0.05) is 79.1 Å². The van der Waals surface area contributed by atoms with Gasteiger partial charge in [-0.15, -0.1) is 0 Å². The van der Waals surface area contributed by atoms with Crippen molar-refractivity contribution >= 4 is 57.7 Å². The molecule has 0 heterocycles. The summed E-state index contributed by atoms with van der Waals surface area (Å²) >= 11 is 0. The van der Waals surface area contributed by atoms with Crippen LogP contribution in [-0.2, 0) is 18.3 Å². The number of unbranched alkanes of at least 4 members (excludes halogenated alkanes) is 16. The highest BCUT2D eigenvalue weighted by Gasteiger charge is 2.42. The molecular formula is C117H138N4. The Bertz CT molecular complexity index is 5130. The minimum Gasteiger partial charge on any atom is -0.345 e. The maximum Gasteiger partial charge on any atom is 0.0411 e. The molecule has 0 atom stereocenters. The van der Waals surface area contributed by atoms with Gasteiger partial charge in [-0.1, -0.05) is 396 Å². The first-order valence-electron chi connectivity index (χ1n) is 45.9. The SMILES string of the molecule is CCCCCCC1(CCCCCC)c2ccccc2-c2ccc(N(C)c3ccc(-c4ccc(C)cc4)cc3)cc21.CCCCCCCCc1ccc(N(C)c2ccc(-c3ccc(C)cc3)cc2)cc1.CCCCCCCCc1ccc(N(C)c2ccc(/C=C/c3ccc(C)cc3)cc2)cc1.Cc1ccc(-c2ccc(N(C)c3ccccc3)cc2)cc1. The molecule has 4 nitrogen and oxygen atoms in total. The molecule has 0 fully saturated rings. The summed E-state index contributed by atoms with van der Waals surface area (Å²) in [6.07, 6.45) is 36.0. The van der Waals surface area contributed by atoms with Crippen LogP contribution >= 0.6 is 0 Å². The summed E-state index contributed by atoms with van der Waals surface area (Å²) in [5.74, 6) is 0. The van der Waals surface area contributed by atoms with E-state index in [1.54, 1.807) is 11.1 Å². The molecule has 14 rings (SSSR count). The fourth-order valence-corrected chi connectivity index (χ4v) is 16.8. The van der Waals surface area contributed by atoms with Gasteiger partial charge in [-0.25, -0.2) is 0 Å². The zero-order chi connectivity index (χ0) is 85.0. The molecule has 0 bridgehead atoms. The van der Waals surface area contributed by atoms with Gasteiger partial charge in [-0.05, 0) is 241 Å². The van der Waals surface area contributed by atoms with Crippen LogP contribution in [0.4, 0.5) is 45.5 Å². The molecule has 0 amide bonds. The molecule has 121 heavy (non-hydrogen) atoms. The Balaban J connectivity index is 0.000000161. The molecule has 0 saturated carbocycles. The van der Waals surface area contributed by atoms with Crippen molar-refractivity contribution in [2.75, 3.05) is 47.8 Å². The third kappa shape index (κ3) is 26.6. The first kappa shape index (κ1) is 90.6. The molecule has 626 valence electrons. The monoisotopic (exact) mass is 1600 g/mol. The lowest BCUT2D eigenvalue weighted by Crippen LogP contribution is -2.26. The van der Waals surface area contributed by atoms with Crippen LogP contribution in [-0.4, -0.2) is 28.2 Å². The van der Waals surface area contributed by atoms with E-state index in [2.05, 4.69) is 425 Å². The van der Waals surface area contributed by atoms with Gasteiger partial charge in [0.25, 0.3) is 0 Å². The standard InChI is InChI=1S/C39H47N.C30H37N.C28H35N.C20H19N/c1-5-7-9-13-27-39(28-14-10-8-6-2)37-16-12-11-15-35(37)36-26-25-34(29-38(36)39)40(4)33-23-21-32(22-24-33)31-19-17-30(3)18-20-31;1-4-5-6-7-8-9-10-26-17-21-29(22-18-26)31(3)30-23-19-28(20-24-30)16-15-27-13-11-25(2)12-14-27;1-4-5-6-7-8-9-10-24-13-19-27(20-14-24)29(3)28-21-17-26(18-22-28)25-15-11-23(2)12-16-25;1-16-8-10-17(11-9-16)18-12-14-20(15-13-18)21(2)19-6-4-3-5-7-19/h11-12,15-26,29H,5-10,13-14,27-28H2,1-4H3;11-24H,4-10H2,1-3H3;11-22H,4-10H2,1-3H3;3-15H,1-2H3/b;16-15+;;. The Morgan fingerprint density at radius 3 is 0.843 bits per heavy atom. The van der Waals surface area contributed by atoms with E-state index in [4.69, 9.17) is 0 Å². The van der Waals surface area contributed by atoms with Crippen molar-refractivity contribution in [3.8, 4) is 44.5 Å². The first-order chi connectivity index (χ1) is 59.1. The average Bonchev–Trinajstić information content (AvgIpc) is 1.56. The number of benzene rings is 13. The van der Waals surface area contributed by atoms with Gasteiger partial charge in [0.05, 0.1) is 0 Å². The van der Waals surface area contributed by atoms with E-state index in [0.717, 1.165) is 0 Å². The van der Waals surface area contributed by atoms with Crippen LogP contribution in [0.15, 0.2) is 315 Å². The molecule has 0 N–H and O–H groups in total. The number of fused-ring (bicyclic) bond motifs is 3. The first-order valence-corrected chi connectivity index (χ1v) is 45.9. The fourth-order valence-electron chi connectivity index (χ4n) is 16.8. The second kappa shape index (κ2) is 47.7. The molecule has 0 spiro atoms. The van der Waals surface area contributed by atoms with Crippen LogP contribution in [0.2, 0.25) is 0 Å². The van der Waals surface area contributed by atoms with Crippen LogP contribution in [0.3, 0.4) is 0 Å². The number of nitrogens with zero attached hydrogens (tertiary/aromatic N) is 4. The summed E-state index contributed by atoms with van der Waals surface area (Å²) in [7, 11) is 8.59. The Morgan fingerprint density at radius 2 is 0.479 bits per heavy atom. The molecule has 1 aliphatic carbocycles. The van der Waals surface area contributed by atoms with Gasteiger partial charge in [0.2, 0.25) is 0 Å². The van der Waals surface area contributed by atoms with Crippen LogP contribution in [0.1, 0.15) is 225 Å². The Labute approximate surface area is 731 Å². The maximum absolute atomic E-state index is 2.53. The lowest BCUT2D eigenvalue weighted by atomic mass is 9.70. The molecule has 13 aromatic carbocycles. The van der Waals surface area contributed by atoms with Gasteiger partial charge < -0.3 is 19.6 Å². The Kier molecular flexibility index (Phi) is 35.7. The van der Waals surface area contributed by atoms with Crippen molar-refractivity contribution in [3.63, 3.8) is 0 Å². The van der Waals surface area contributed by atoms with Gasteiger partial charge in [0.15, 0.2) is 0 Å². The fraction of sp³-hybridized carbons (Fsp3) is 0.316. The zero-order valence-electron chi connectivity index (χ0n) is 75.4. The van der Waals surface area contributed by atoms with Gasteiger partial charge in [-0.3, -0.25) is 0 Å². The highest BCUT2D eigenvalue weighted by molar-refractivity contribution is 5.84. The molecular weight excluding hydrogens is 1460 g/mol. The minimum atomic E-state index is 0.125. The summed E-state index contributed by atoms with van der Waals surface area (Å²) < 4.78 is 0. The molecule has 0 saturated heterocycles. The van der Waals surface area contributed by atoms with E-state index in [-0.39, 0.29) is 5.41 Å². The van der Waals surface area contributed by atoms with E-state index in [0.29, 0.717) is 0 Å². The molecule has 4 heteroatoms. The summed E-state index contributed by atoms with van der Waals surface area (Å²) in [5, 5.41) is 0. The normalized spacial score (nSPS) is 11.6. The van der Waals surface area contributed by atoms with E-state index in [1.807, 2.05) is 6.07 Å². The van der Waals surface area contributed by atoms with Crippen molar-refractivity contribution < 1.29 is 0 Å². The smallest absolute Gasteiger partial charge is 0.0411 e. The molecule has 0 aromatic heterocycles. The Morgan fingerprint density at radius 1 is 0.223 bits per heavy atom. The third-order valence-corrected chi connectivity index (χ3v) is 24.7. The predicted octanol–water partition coefficient (Wildman–Crippen LogP) is 34.2. The van der Waals surface area contributed by atoms with Crippen molar-refractivity contribution in [2.45, 2.75) is 215 Å². The highest BCUT2D eigenvalue weighted by Crippen LogP contribution is 2.55. The lowest BCUT2D eigenvalue weighted by Gasteiger charge is -2.33. The number of aryl methyl sites for hydroxylation is 6. The summed E-state index contributed by atoms with van der Waals surface area (Å²) in [4.78, 5) is 9.06. The summed E-state index contributed by atoms with van der Waals surface area (Å²) in [6.45, 7) is 17.7. The number of hydrogen-bond acceptors (Lipinski definition) is 4. The maximum atomic E-state index is 2.53. The number of para-hydroxylation sites is 1. The minimum absolute atomic E-state index is 0.125. The van der Waals surface area contributed by atoms with Crippen LogP contribution in [0, 0.1) is 27.7 Å². The highest BCUT2D eigenvalue weighted by atomic mass is 15.1. The predicted molar refractivity (Wildman–Crippen MR) is 532 cm³/mol. The number of rotatable bonds is 37. The van der Waals surface area contributed by atoms with E-state index >= 15 is 0 Å². The Hall–Kier alpha value is -11.2. The second-order valence-electron chi connectivity index (χ2n) is 34.0. The van der Waals surface area contributed by atoms with Gasteiger partial charge in [0.1, 0.15) is 0 Å². The second-order valence-corrected chi connectivity index (χ2v) is 34.0. The summed E-state index contributed by atoms with van der Waals surface area (Å²) in [5.41, 5.74) is 34.0. The van der Waals surface area contributed by atoms with Crippen molar-refractivity contribution in [1.29, 1.82) is 0 Å². The molecule has 0 unspecified atom stereocenters. The van der Waals surface area contributed by atoms with E-state index < -0.39 is 0 Å². The van der Waals surface area contributed by atoms with Crippen molar-refractivity contribution in [2.24, 2.45) is 0 Å². The number of anilines is 8. The molecule has 0 aliphatic heterocycles. The molecule has 1 aliphatic rings. The van der Waals surface area contributed by atoms with Crippen LogP contribution < -0.4 is 19.6 Å². The van der Waals surface area contributed by atoms with Gasteiger partial charge in [-0.2, -0.15) is 0 Å². The van der Waals surface area contributed by atoms with Crippen LogP contribution in [0.25, 0.3) is 56.7 Å². The van der Waals surface area contributed by atoms with Crippen LogP contribution in [0.5, 0.6) is 0 Å². The third-order valence-electron chi connectivity index (χ3n) is 24.7. The zero-order valence-corrected chi connectivity index (χ0v) is 75.4. The lowest BCUT2D eigenvalue weighted by molar-refractivity contribution is 0.401. The topological polar surface area (TPSA) is 13.0 Å². The molecule has 13 aromatic rings. The average molecular weight is 1600 g/mol. The largest absolute Gasteiger partial charge is 0.345 e. The quantitative estimate of drug-likeness (QED) is 0.0284.